The molecule has 1 fully saturated rings. The van der Waals surface area contributed by atoms with E-state index in [9.17, 15) is 0 Å². The predicted octanol–water partition coefficient (Wildman–Crippen LogP) is 3.80. The standard InChI is InChI=1S/C20H23N3/c1-16-5-7-17(8-6-16)15-22-11-13-23(14-12-22)20-4-2-3-19-18(20)9-10-21-19/h2-10,21H,11-15H2,1H3. The Morgan fingerprint density at radius 3 is 2.48 bits per heavy atom. The molecule has 0 saturated carbocycles. The number of hydrogen-bond acceptors (Lipinski definition) is 2. The molecule has 23 heavy (non-hydrogen) atoms. The highest BCUT2D eigenvalue weighted by Crippen LogP contribution is 2.27. The van der Waals surface area contributed by atoms with Gasteiger partial charge in [0.25, 0.3) is 0 Å². The Bertz CT molecular complexity index is 780. The lowest BCUT2D eigenvalue weighted by molar-refractivity contribution is 0.250. The van der Waals surface area contributed by atoms with Gasteiger partial charge in [0.15, 0.2) is 0 Å². The molecule has 3 aromatic rings. The average molecular weight is 305 g/mol. The molecule has 2 aromatic carbocycles. The van der Waals surface area contributed by atoms with E-state index in [0.717, 1.165) is 32.7 Å². The maximum atomic E-state index is 3.31. The number of aromatic nitrogens is 1. The molecule has 0 bridgehead atoms. The Labute approximate surface area is 137 Å². The van der Waals surface area contributed by atoms with Crippen molar-refractivity contribution in [1.29, 1.82) is 0 Å². The summed E-state index contributed by atoms with van der Waals surface area (Å²) in [5.74, 6) is 0. The van der Waals surface area contributed by atoms with Crippen molar-refractivity contribution in [3.8, 4) is 0 Å². The molecular weight excluding hydrogens is 282 g/mol. The summed E-state index contributed by atoms with van der Waals surface area (Å²) in [5, 5.41) is 1.33. The highest BCUT2D eigenvalue weighted by molar-refractivity contribution is 5.92. The van der Waals surface area contributed by atoms with Gasteiger partial charge in [-0.05, 0) is 30.7 Å². The molecule has 0 spiro atoms. The van der Waals surface area contributed by atoms with Gasteiger partial charge in [0, 0.05) is 55.5 Å². The van der Waals surface area contributed by atoms with Crippen LogP contribution in [-0.4, -0.2) is 36.1 Å². The quantitative estimate of drug-likeness (QED) is 0.795. The van der Waals surface area contributed by atoms with E-state index in [1.165, 1.54) is 27.7 Å². The second-order valence-corrected chi connectivity index (χ2v) is 6.46. The van der Waals surface area contributed by atoms with Crippen LogP contribution in [-0.2, 0) is 6.54 Å². The van der Waals surface area contributed by atoms with Crippen LogP contribution in [0.15, 0.2) is 54.7 Å². The number of aromatic amines is 1. The van der Waals surface area contributed by atoms with E-state index in [2.05, 4.69) is 70.2 Å². The van der Waals surface area contributed by atoms with Crippen molar-refractivity contribution in [3.63, 3.8) is 0 Å². The molecule has 2 heterocycles. The number of nitrogens with one attached hydrogen (secondary N) is 1. The van der Waals surface area contributed by atoms with Gasteiger partial charge in [-0.25, -0.2) is 0 Å². The van der Waals surface area contributed by atoms with Crippen molar-refractivity contribution < 1.29 is 0 Å². The molecule has 0 unspecified atom stereocenters. The first-order valence-corrected chi connectivity index (χ1v) is 8.38. The first-order chi connectivity index (χ1) is 11.3. The third kappa shape index (κ3) is 2.97. The molecule has 1 aliphatic heterocycles. The second kappa shape index (κ2) is 6.09. The molecule has 0 aliphatic carbocycles. The molecule has 0 amide bonds. The second-order valence-electron chi connectivity index (χ2n) is 6.46. The Balaban J connectivity index is 1.43. The summed E-state index contributed by atoms with van der Waals surface area (Å²) in [7, 11) is 0. The predicted molar refractivity (Wildman–Crippen MR) is 97.0 cm³/mol. The Morgan fingerprint density at radius 1 is 0.913 bits per heavy atom. The summed E-state index contributed by atoms with van der Waals surface area (Å²) in [4.78, 5) is 8.38. The lowest BCUT2D eigenvalue weighted by Gasteiger charge is -2.36. The van der Waals surface area contributed by atoms with E-state index in [-0.39, 0.29) is 0 Å². The monoisotopic (exact) mass is 305 g/mol. The van der Waals surface area contributed by atoms with Crippen molar-refractivity contribution in [2.75, 3.05) is 31.1 Å². The van der Waals surface area contributed by atoms with Crippen LogP contribution in [0.1, 0.15) is 11.1 Å². The number of aryl methyl sites for hydroxylation is 1. The maximum Gasteiger partial charge on any atom is 0.0474 e. The van der Waals surface area contributed by atoms with Crippen molar-refractivity contribution in [2.24, 2.45) is 0 Å². The molecular formula is C20H23N3. The van der Waals surface area contributed by atoms with Gasteiger partial charge >= 0.3 is 0 Å². The van der Waals surface area contributed by atoms with Gasteiger partial charge in [-0.3, -0.25) is 4.90 Å². The van der Waals surface area contributed by atoms with Crippen molar-refractivity contribution >= 4 is 16.6 Å². The zero-order valence-electron chi connectivity index (χ0n) is 13.6. The van der Waals surface area contributed by atoms with E-state index in [1.54, 1.807) is 0 Å². The lowest BCUT2D eigenvalue weighted by Crippen LogP contribution is -2.46. The first-order valence-electron chi connectivity index (χ1n) is 8.38. The fourth-order valence-electron chi connectivity index (χ4n) is 3.44. The number of hydrogen-bond donors (Lipinski definition) is 1. The van der Waals surface area contributed by atoms with Crippen LogP contribution in [0.3, 0.4) is 0 Å². The van der Waals surface area contributed by atoms with Crippen LogP contribution < -0.4 is 4.90 Å². The van der Waals surface area contributed by atoms with Gasteiger partial charge in [0.05, 0.1) is 0 Å². The summed E-state index contributed by atoms with van der Waals surface area (Å²) >= 11 is 0. The summed E-state index contributed by atoms with van der Waals surface area (Å²) in [6.07, 6.45) is 2.03. The van der Waals surface area contributed by atoms with Gasteiger partial charge in [-0.1, -0.05) is 35.9 Å². The first kappa shape index (κ1) is 14.3. The summed E-state index contributed by atoms with van der Waals surface area (Å²) in [5.41, 5.74) is 5.33. The lowest BCUT2D eigenvalue weighted by atomic mass is 10.1. The Hall–Kier alpha value is -2.26. The van der Waals surface area contributed by atoms with E-state index in [4.69, 9.17) is 0 Å². The minimum absolute atomic E-state index is 1.06. The molecule has 0 radical (unpaired) electrons. The van der Waals surface area contributed by atoms with Gasteiger partial charge in [0.2, 0.25) is 0 Å². The van der Waals surface area contributed by atoms with Crippen LogP contribution in [0.5, 0.6) is 0 Å². The highest BCUT2D eigenvalue weighted by atomic mass is 15.3. The van der Waals surface area contributed by atoms with Crippen LogP contribution in [0.25, 0.3) is 10.9 Å². The number of fused-ring (bicyclic) bond motifs is 1. The zero-order valence-corrected chi connectivity index (χ0v) is 13.6. The fourth-order valence-corrected chi connectivity index (χ4v) is 3.44. The van der Waals surface area contributed by atoms with E-state index < -0.39 is 0 Å². The largest absolute Gasteiger partial charge is 0.368 e. The number of H-pyrrole nitrogens is 1. The van der Waals surface area contributed by atoms with E-state index in [0.29, 0.717) is 0 Å². The van der Waals surface area contributed by atoms with E-state index in [1.807, 2.05) is 6.20 Å². The number of nitrogens with zero attached hydrogens (tertiary/aromatic N) is 2. The smallest absolute Gasteiger partial charge is 0.0474 e. The summed E-state index contributed by atoms with van der Waals surface area (Å²) < 4.78 is 0. The zero-order chi connectivity index (χ0) is 15.6. The van der Waals surface area contributed by atoms with E-state index >= 15 is 0 Å². The van der Waals surface area contributed by atoms with Gasteiger partial charge < -0.3 is 9.88 Å². The van der Waals surface area contributed by atoms with Crippen molar-refractivity contribution in [3.05, 3.63) is 65.9 Å². The van der Waals surface area contributed by atoms with Crippen LogP contribution in [0.2, 0.25) is 0 Å². The minimum Gasteiger partial charge on any atom is -0.368 e. The number of piperazine rings is 1. The van der Waals surface area contributed by atoms with Crippen LogP contribution >= 0.6 is 0 Å². The average Bonchev–Trinajstić information content (AvgIpc) is 3.06. The van der Waals surface area contributed by atoms with Gasteiger partial charge in [-0.2, -0.15) is 0 Å². The minimum atomic E-state index is 1.06. The molecule has 1 aromatic heterocycles. The Kier molecular flexibility index (Phi) is 3.80. The van der Waals surface area contributed by atoms with Crippen molar-refractivity contribution in [2.45, 2.75) is 13.5 Å². The topological polar surface area (TPSA) is 22.3 Å². The van der Waals surface area contributed by atoms with Crippen LogP contribution in [0, 0.1) is 6.92 Å². The third-order valence-corrected chi connectivity index (χ3v) is 4.81. The molecule has 0 atom stereocenters. The number of rotatable bonds is 3. The maximum absolute atomic E-state index is 3.31. The molecule has 4 rings (SSSR count). The van der Waals surface area contributed by atoms with Crippen molar-refractivity contribution in [1.82, 2.24) is 9.88 Å². The molecule has 118 valence electrons. The fraction of sp³-hybridized carbons (Fsp3) is 0.300. The van der Waals surface area contributed by atoms with Gasteiger partial charge in [0.1, 0.15) is 0 Å². The highest BCUT2D eigenvalue weighted by Gasteiger charge is 2.18. The normalized spacial score (nSPS) is 16.1. The molecule has 1 N–H and O–H groups in total. The van der Waals surface area contributed by atoms with Gasteiger partial charge in [-0.15, -0.1) is 0 Å². The third-order valence-electron chi connectivity index (χ3n) is 4.81. The molecule has 1 aliphatic rings. The summed E-state index contributed by atoms with van der Waals surface area (Å²) in [6, 6.07) is 17.6. The molecule has 3 nitrogen and oxygen atoms in total. The molecule has 1 saturated heterocycles. The molecule has 3 heteroatoms. The number of anilines is 1. The Morgan fingerprint density at radius 2 is 1.70 bits per heavy atom. The number of benzene rings is 2. The summed E-state index contributed by atoms with van der Waals surface area (Å²) in [6.45, 7) is 7.63. The van der Waals surface area contributed by atoms with Crippen LogP contribution in [0.4, 0.5) is 5.69 Å². The SMILES string of the molecule is Cc1ccc(CN2CCN(c3cccc4[nH]ccc34)CC2)cc1.